The molecular weight excluding hydrogens is 419 g/mol. The minimum atomic E-state index is -0.626. The molecule has 0 unspecified atom stereocenters. The van der Waals surface area contributed by atoms with Gasteiger partial charge in [-0.2, -0.15) is 5.10 Å². The van der Waals surface area contributed by atoms with Crippen molar-refractivity contribution in [2.75, 3.05) is 13.6 Å². The molecule has 0 saturated heterocycles. The summed E-state index contributed by atoms with van der Waals surface area (Å²) in [6, 6.07) is 12.5. The highest BCUT2D eigenvalue weighted by Gasteiger charge is 2.35. The van der Waals surface area contributed by atoms with Crippen LogP contribution < -0.4 is 5.32 Å². The van der Waals surface area contributed by atoms with Crippen LogP contribution in [0.2, 0.25) is 5.02 Å². The second-order valence-corrected chi connectivity index (χ2v) is 8.95. The Morgan fingerprint density at radius 1 is 1.19 bits per heavy atom. The number of amides is 3. The van der Waals surface area contributed by atoms with Crippen molar-refractivity contribution in [3.63, 3.8) is 0 Å². The number of benzene rings is 2. The van der Waals surface area contributed by atoms with Gasteiger partial charge in [-0.3, -0.25) is 4.79 Å². The highest BCUT2D eigenvalue weighted by atomic mass is 35.5. The average molecular weight is 445 g/mol. The van der Waals surface area contributed by atoms with Gasteiger partial charge < -0.3 is 10.2 Å². The minimum absolute atomic E-state index is 0.202. The molecule has 1 atom stereocenters. The van der Waals surface area contributed by atoms with Crippen molar-refractivity contribution in [2.45, 2.75) is 38.8 Å². The smallest absolute Gasteiger partial charge is 0.318 e. The van der Waals surface area contributed by atoms with Gasteiger partial charge >= 0.3 is 6.03 Å². The Hall–Kier alpha value is -2.93. The Morgan fingerprint density at radius 3 is 2.48 bits per heavy atom. The number of nitrogens with one attached hydrogen (secondary N) is 1. The largest absolute Gasteiger partial charge is 0.333 e. The molecular formula is C23H26ClFN4O2. The van der Waals surface area contributed by atoms with Gasteiger partial charge in [-0.25, -0.2) is 14.2 Å². The third-order valence-corrected chi connectivity index (χ3v) is 5.15. The van der Waals surface area contributed by atoms with E-state index in [1.54, 1.807) is 30.3 Å². The van der Waals surface area contributed by atoms with Gasteiger partial charge in [0.05, 0.1) is 11.8 Å². The van der Waals surface area contributed by atoms with Crippen LogP contribution in [0.25, 0.3) is 0 Å². The first-order valence-corrected chi connectivity index (χ1v) is 10.4. The lowest BCUT2D eigenvalue weighted by Gasteiger charge is -2.28. The Labute approximate surface area is 186 Å². The Bertz CT molecular complexity index is 1020. The molecule has 0 radical (unpaired) electrons. The van der Waals surface area contributed by atoms with E-state index in [1.807, 2.05) is 32.9 Å². The molecule has 2 aromatic rings. The summed E-state index contributed by atoms with van der Waals surface area (Å²) in [7, 11) is 1.53. The van der Waals surface area contributed by atoms with Crippen LogP contribution in [0.3, 0.4) is 0 Å². The Morgan fingerprint density at radius 2 is 1.84 bits per heavy atom. The van der Waals surface area contributed by atoms with Crippen LogP contribution in [-0.2, 0) is 4.79 Å². The summed E-state index contributed by atoms with van der Waals surface area (Å²) >= 11 is 6.32. The number of hydrogen-bond donors (Lipinski definition) is 1. The molecule has 0 bridgehead atoms. The fraction of sp³-hybridized carbons (Fsp3) is 0.348. The van der Waals surface area contributed by atoms with Gasteiger partial charge in [0.25, 0.3) is 5.91 Å². The summed E-state index contributed by atoms with van der Waals surface area (Å²) < 4.78 is 14.6. The highest BCUT2D eigenvalue weighted by molar-refractivity contribution is 6.34. The van der Waals surface area contributed by atoms with E-state index in [0.29, 0.717) is 28.3 Å². The monoisotopic (exact) mass is 444 g/mol. The predicted octanol–water partition coefficient (Wildman–Crippen LogP) is 4.60. The zero-order chi connectivity index (χ0) is 22.8. The van der Waals surface area contributed by atoms with E-state index in [0.717, 1.165) is 0 Å². The summed E-state index contributed by atoms with van der Waals surface area (Å²) in [5.74, 6) is -0.832. The Kier molecular flexibility index (Phi) is 6.65. The van der Waals surface area contributed by atoms with Crippen LogP contribution >= 0.6 is 11.6 Å². The maximum atomic E-state index is 14.6. The van der Waals surface area contributed by atoms with Crippen LogP contribution in [0.1, 0.15) is 44.4 Å². The molecule has 1 heterocycles. The predicted molar refractivity (Wildman–Crippen MR) is 120 cm³/mol. The molecule has 1 N–H and O–H groups in total. The van der Waals surface area contributed by atoms with E-state index in [-0.39, 0.29) is 12.6 Å². The van der Waals surface area contributed by atoms with Crippen LogP contribution in [-0.4, -0.2) is 46.7 Å². The van der Waals surface area contributed by atoms with Crippen molar-refractivity contribution < 1.29 is 14.0 Å². The first-order chi connectivity index (χ1) is 14.6. The van der Waals surface area contributed by atoms with Crippen molar-refractivity contribution in [1.82, 2.24) is 15.2 Å². The molecule has 3 rings (SSSR count). The number of carbonyl (C=O) groups is 2. The molecule has 0 saturated carbocycles. The molecule has 0 spiro atoms. The highest BCUT2D eigenvalue weighted by Crippen LogP contribution is 2.35. The van der Waals surface area contributed by atoms with Gasteiger partial charge in [-0.1, -0.05) is 48.0 Å². The summed E-state index contributed by atoms with van der Waals surface area (Å²) in [5.41, 5.74) is 1.21. The molecule has 1 aliphatic heterocycles. The number of halogens is 2. The van der Waals surface area contributed by atoms with E-state index in [9.17, 15) is 14.0 Å². The van der Waals surface area contributed by atoms with Gasteiger partial charge in [-0.05, 0) is 32.9 Å². The van der Waals surface area contributed by atoms with Crippen LogP contribution in [0.15, 0.2) is 53.6 Å². The fourth-order valence-electron chi connectivity index (χ4n) is 3.35. The second-order valence-electron chi connectivity index (χ2n) is 8.54. The molecule has 8 heteroatoms. The minimum Gasteiger partial charge on any atom is -0.333 e. The summed E-state index contributed by atoms with van der Waals surface area (Å²) in [6.45, 7) is 5.37. The number of rotatable bonds is 4. The van der Waals surface area contributed by atoms with Gasteiger partial charge in [0.15, 0.2) is 0 Å². The first kappa shape index (κ1) is 22.7. The fourth-order valence-corrected chi connectivity index (χ4v) is 3.59. The lowest BCUT2D eigenvalue weighted by Crippen LogP contribution is -2.49. The van der Waals surface area contributed by atoms with E-state index in [1.165, 1.54) is 23.0 Å². The van der Waals surface area contributed by atoms with Gasteiger partial charge in [0.2, 0.25) is 0 Å². The number of hydrogen-bond acceptors (Lipinski definition) is 3. The maximum Gasteiger partial charge on any atom is 0.318 e. The van der Waals surface area contributed by atoms with E-state index in [2.05, 4.69) is 10.4 Å². The molecule has 2 aromatic carbocycles. The van der Waals surface area contributed by atoms with Crippen molar-refractivity contribution >= 4 is 29.3 Å². The first-order valence-electron chi connectivity index (χ1n) is 9.99. The summed E-state index contributed by atoms with van der Waals surface area (Å²) in [6.07, 6.45) is 0.314. The van der Waals surface area contributed by atoms with Crippen molar-refractivity contribution in [3.05, 3.63) is 70.5 Å². The lowest BCUT2D eigenvalue weighted by atomic mass is 9.98. The number of nitrogens with zero attached hydrogens (tertiary/aromatic N) is 3. The molecule has 1 aliphatic rings. The van der Waals surface area contributed by atoms with Crippen molar-refractivity contribution in [2.24, 2.45) is 5.10 Å². The molecule has 164 valence electrons. The SMILES string of the molecule is CN(CC(=O)N1N=C(c2ccccc2Cl)C[C@@H]1c1ccccc1F)C(=O)NC(C)(C)C. The number of likely N-dealkylation sites (N-methyl/N-ethyl adjacent to an activating group) is 1. The quantitative estimate of drug-likeness (QED) is 0.749. The lowest BCUT2D eigenvalue weighted by molar-refractivity contribution is -0.133. The molecule has 0 fully saturated rings. The van der Waals surface area contributed by atoms with Crippen molar-refractivity contribution in [3.8, 4) is 0 Å². The Balaban J connectivity index is 1.89. The summed E-state index contributed by atoms with van der Waals surface area (Å²) in [5, 5.41) is 9.07. The third-order valence-electron chi connectivity index (χ3n) is 4.82. The summed E-state index contributed by atoms with van der Waals surface area (Å²) in [4.78, 5) is 26.8. The van der Waals surface area contributed by atoms with E-state index >= 15 is 0 Å². The van der Waals surface area contributed by atoms with E-state index in [4.69, 9.17) is 11.6 Å². The number of carbonyl (C=O) groups excluding carboxylic acids is 2. The average Bonchev–Trinajstić information content (AvgIpc) is 3.12. The van der Waals surface area contributed by atoms with Gasteiger partial charge in [0, 0.05) is 35.2 Å². The van der Waals surface area contributed by atoms with Crippen LogP contribution in [0, 0.1) is 5.82 Å². The molecule has 3 amide bonds. The maximum absolute atomic E-state index is 14.6. The molecule has 0 aliphatic carbocycles. The topological polar surface area (TPSA) is 65.0 Å². The number of hydrazone groups is 1. The normalized spacial score (nSPS) is 16.1. The molecule has 31 heavy (non-hydrogen) atoms. The number of urea groups is 1. The van der Waals surface area contributed by atoms with Crippen molar-refractivity contribution in [1.29, 1.82) is 0 Å². The standard InChI is InChI=1S/C23H26ClFN4O2/c1-23(2,3)26-22(31)28(4)14-21(30)29-20(16-10-6-8-12-18(16)25)13-19(27-29)15-9-5-7-11-17(15)24/h5-12,20H,13-14H2,1-4H3,(H,26,31)/t20-/m1/s1. The van der Waals surface area contributed by atoms with Gasteiger partial charge in [0.1, 0.15) is 12.4 Å². The van der Waals surface area contributed by atoms with Crippen LogP contribution in [0.5, 0.6) is 0 Å². The third kappa shape index (κ3) is 5.41. The molecule has 6 nitrogen and oxygen atoms in total. The van der Waals surface area contributed by atoms with E-state index < -0.39 is 23.3 Å². The zero-order valence-corrected chi connectivity index (χ0v) is 18.8. The van der Waals surface area contributed by atoms with Crippen LogP contribution in [0.4, 0.5) is 9.18 Å². The molecule has 0 aromatic heterocycles. The zero-order valence-electron chi connectivity index (χ0n) is 18.0. The second kappa shape index (κ2) is 9.06. The van der Waals surface area contributed by atoms with Gasteiger partial charge in [-0.15, -0.1) is 0 Å².